The van der Waals surface area contributed by atoms with Crippen LogP contribution in [0.4, 0.5) is 0 Å². The van der Waals surface area contributed by atoms with Crippen molar-refractivity contribution in [3.63, 3.8) is 0 Å². The van der Waals surface area contributed by atoms with E-state index in [9.17, 15) is 5.11 Å². The number of aromatic nitrogens is 2. The van der Waals surface area contributed by atoms with Crippen molar-refractivity contribution in [3.05, 3.63) is 46.2 Å². The minimum absolute atomic E-state index is 0.224. The van der Waals surface area contributed by atoms with Gasteiger partial charge in [-0.15, -0.1) is 0 Å². The molecule has 0 fully saturated rings. The quantitative estimate of drug-likeness (QED) is 0.944. The first-order chi connectivity index (χ1) is 10.1. The summed E-state index contributed by atoms with van der Waals surface area (Å²) in [6.45, 7) is 2.02. The molecule has 0 radical (unpaired) electrons. The zero-order chi connectivity index (χ0) is 15.0. The lowest BCUT2D eigenvalue weighted by molar-refractivity contribution is 0.0490. The molecule has 4 nitrogen and oxygen atoms in total. The number of aliphatic hydroxyl groups excluding tert-OH is 1. The zero-order valence-electron chi connectivity index (χ0n) is 12.2. The van der Waals surface area contributed by atoms with E-state index in [0.29, 0.717) is 11.4 Å². The van der Waals surface area contributed by atoms with Crippen LogP contribution in [0.15, 0.2) is 24.3 Å². The number of aryl methyl sites for hydroxylation is 2. The van der Waals surface area contributed by atoms with E-state index in [4.69, 9.17) is 16.3 Å². The van der Waals surface area contributed by atoms with E-state index in [1.807, 2.05) is 38.2 Å². The molecule has 0 bridgehead atoms. The van der Waals surface area contributed by atoms with Crippen molar-refractivity contribution in [3.8, 4) is 5.75 Å². The predicted molar refractivity (Wildman–Crippen MR) is 81.9 cm³/mol. The third-order valence-electron chi connectivity index (χ3n) is 4.01. The molecule has 5 heteroatoms. The van der Waals surface area contributed by atoms with Gasteiger partial charge in [-0.3, -0.25) is 4.68 Å². The van der Waals surface area contributed by atoms with Gasteiger partial charge in [-0.1, -0.05) is 36.7 Å². The molecular formula is C16H19ClN2O2. The fourth-order valence-electron chi connectivity index (χ4n) is 2.79. The highest BCUT2D eigenvalue weighted by Gasteiger charge is 2.30. The number of benzene rings is 1. The molecule has 2 atom stereocenters. The van der Waals surface area contributed by atoms with Gasteiger partial charge in [0.2, 0.25) is 0 Å². The van der Waals surface area contributed by atoms with Crippen LogP contribution >= 0.6 is 11.6 Å². The van der Waals surface area contributed by atoms with E-state index in [2.05, 4.69) is 5.10 Å². The maximum Gasteiger partial charge on any atom is 0.129 e. The molecule has 1 aromatic heterocycles. The lowest BCUT2D eigenvalue weighted by atomic mass is 10.0. The number of halogens is 1. The largest absolute Gasteiger partial charge is 0.487 e. The summed E-state index contributed by atoms with van der Waals surface area (Å²) >= 11 is 6.33. The molecule has 3 rings (SSSR count). The lowest BCUT2D eigenvalue weighted by Gasteiger charge is -2.18. The van der Waals surface area contributed by atoms with E-state index in [1.165, 1.54) is 0 Å². The van der Waals surface area contributed by atoms with Gasteiger partial charge < -0.3 is 9.84 Å². The van der Waals surface area contributed by atoms with Crippen LogP contribution in [0.25, 0.3) is 0 Å². The number of hydrogen-bond acceptors (Lipinski definition) is 3. The van der Waals surface area contributed by atoms with Crippen molar-refractivity contribution >= 4 is 11.6 Å². The third-order valence-corrected chi connectivity index (χ3v) is 4.44. The van der Waals surface area contributed by atoms with E-state index in [-0.39, 0.29) is 6.10 Å². The van der Waals surface area contributed by atoms with E-state index < -0.39 is 6.10 Å². The van der Waals surface area contributed by atoms with Crippen LogP contribution in [-0.2, 0) is 26.3 Å². The second-order valence-corrected chi connectivity index (χ2v) is 5.80. The number of fused-ring (bicyclic) bond motifs is 1. The highest BCUT2D eigenvalue weighted by Crippen LogP contribution is 2.31. The maximum atomic E-state index is 10.5. The summed E-state index contributed by atoms with van der Waals surface area (Å²) in [7, 11) is 1.86. The van der Waals surface area contributed by atoms with Crippen LogP contribution in [0.3, 0.4) is 0 Å². The number of nitrogens with zero attached hydrogens (tertiary/aromatic N) is 2. The second kappa shape index (κ2) is 5.70. The smallest absolute Gasteiger partial charge is 0.129 e. The monoisotopic (exact) mass is 306 g/mol. The van der Waals surface area contributed by atoms with Gasteiger partial charge in [0.25, 0.3) is 0 Å². The number of para-hydroxylation sites is 1. The van der Waals surface area contributed by atoms with Crippen molar-refractivity contribution in [2.24, 2.45) is 7.05 Å². The van der Waals surface area contributed by atoms with E-state index in [0.717, 1.165) is 35.5 Å². The van der Waals surface area contributed by atoms with Crippen LogP contribution in [0.2, 0.25) is 5.02 Å². The van der Waals surface area contributed by atoms with Gasteiger partial charge >= 0.3 is 0 Å². The summed E-state index contributed by atoms with van der Waals surface area (Å²) in [5.74, 6) is 0.868. The van der Waals surface area contributed by atoms with Crippen molar-refractivity contribution < 1.29 is 9.84 Å². The van der Waals surface area contributed by atoms with Crippen LogP contribution in [0.1, 0.15) is 23.9 Å². The van der Waals surface area contributed by atoms with Crippen molar-refractivity contribution in [1.29, 1.82) is 0 Å². The summed E-state index contributed by atoms with van der Waals surface area (Å²) in [4.78, 5) is 0. The van der Waals surface area contributed by atoms with Gasteiger partial charge in [-0.25, -0.2) is 0 Å². The fraction of sp³-hybridized carbons (Fsp3) is 0.438. The van der Waals surface area contributed by atoms with Gasteiger partial charge in [0.05, 0.1) is 22.5 Å². The van der Waals surface area contributed by atoms with E-state index in [1.54, 1.807) is 4.68 Å². The van der Waals surface area contributed by atoms with Crippen LogP contribution in [0.5, 0.6) is 5.75 Å². The molecule has 1 aliphatic heterocycles. The molecule has 1 N–H and O–H groups in total. The number of aliphatic hydroxyl groups is 1. The molecule has 2 heterocycles. The van der Waals surface area contributed by atoms with Crippen LogP contribution < -0.4 is 4.74 Å². The molecule has 0 aliphatic carbocycles. The van der Waals surface area contributed by atoms with Gasteiger partial charge in [0.15, 0.2) is 0 Å². The standard InChI is InChI=1S/C16H19ClN2O2/c1-3-11-16(17)12(19(2)18-11)9-13(20)15-8-10-6-4-5-7-14(10)21-15/h4-7,13,15,20H,3,8-9H2,1-2H3. The highest BCUT2D eigenvalue weighted by atomic mass is 35.5. The third kappa shape index (κ3) is 2.65. The van der Waals surface area contributed by atoms with Crippen LogP contribution in [0, 0.1) is 0 Å². The summed E-state index contributed by atoms with van der Waals surface area (Å²) in [5, 5.41) is 15.5. The molecule has 112 valence electrons. The van der Waals surface area contributed by atoms with Crippen molar-refractivity contribution in [2.45, 2.75) is 38.4 Å². The molecule has 0 saturated heterocycles. The minimum atomic E-state index is -0.602. The Morgan fingerprint density at radius 1 is 1.48 bits per heavy atom. The number of hydrogen-bond donors (Lipinski definition) is 1. The predicted octanol–water partition coefficient (Wildman–Crippen LogP) is 2.54. The molecule has 2 unspecified atom stereocenters. The Morgan fingerprint density at radius 3 is 2.90 bits per heavy atom. The molecule has 1 aliphatic rings. The molecule has 2 aromatic rings. The average molecular weight is 307 g/mol. The molecule has 21 heavy (non-hydrogen) atoms. The molecule has 1 aromatic carbocycles. The topological polar surface area (TPSA) is 47.3 Å². The second-order valence-electron chi connectivity index (χ2n) is 5.42. The average Bonchev–Trinajstić information content (AvgIpc) is 3.03. The Balaban J connectivity index is 1.74. The Labute approximate surface area is 129 Å². The first-order valence-corrected chi connectivity index (χ1v) is 7.60. The number of rotatable bonds is 4. The molecule has 0 spiro atoms. The van der Waals surface area contributed by atoms with Gasteiger partial charge in [-0.2, -0.15) is 5.10 Å². The minimum Gasteiger partial charge on any atom is -0.487 e. The zero-order valence-corrected chi connectivity index (χ0v) is 13.0. The first-order valence-electron chi connectivity index (χ1n) is 7.23. The summed E-state index contributed by atoms with van der Waals surface area (Å²) < 4.78 is 7.59. The van der Waals surface area contributed by atoms with Gasteiger partial charge in [-0.05, 0) is 18.1 Å². The lowest BCUT2D eigenvalue weighted by Crippen LogP contribution is -2.32. The van der Waals surface area contributed by atoms with Gasteiger partial charge in [0.1, 0.15) is 11.9 Å². The Kier molecular flexibility index (Phi) is 3.91. The fourth-order valence-corrected chi connectivity index (χ4v) is 3.17. The highest BCUT2D eigenvalue weighted by molar-refractivity contribution is 6.31. The Morgan fingerprint density at radius 2 is 2.24 bits per heavy atom. The molecular weight excluding hydrogens is 288 g/mol. The van der Waals surface area contributed by atoms with E-state index >= 15 is 0 Å². The summed E-state index contributed by atoms with van der Waals surface area (Å²) in [5.41, 5.74) is 2.88. The van der Waals surface area contributed by atoms with Crippen molar-refractivity contribution in [2.75, 3.05) is 0 Å². The molecule has 0 saturated carbocycles. The SMILES string of the molecule is CCc1nn(C)c(CC(O)C2Cc3ccccc3O2)c1Cl. The summed E-state index contributed by atoms with van der Waals surface area (Å²) in [6.07, 6.45) is 1.14. The normalized spacial score (nSPS) is 18.4. The Bertz CT molecular complexity index is 629. The van der Waals surface area contributed by atoms with Crippen LogP contribution in [-0.4, -0.2) is 27.1 Å². The number of ether oxygens (including phenoxy) is 1. The Hall–Kier alpha value is -1.52. The maximum absolute atomic E-state index is 10.5. The molecule has 0 amide bonds. The summed E-state index contributed by atoms with van der Waals surface area (Å²) in [6, 6.07) is 7.91. The van der Waals surface area contributed by atoms with Crippen molar-refractivity contribution in [1.82, 2.24) is 9.78 Å². The van der Waals surface area contributed by atoms with Gasteiger partial charge in [0, 0.05) is 19.9 Å². The first kappa shape index (κ1) is 14.4.